The van der Waals surface area contributed by atoms with E-state index in [4.69, 9.17) is 0 Å². The summed E-state index contributed by atoms with van der Waals surface area (Å²) < 4.78 is 0. The summed E-state index contributed by atoms with van der Waals surface area (Å²) in [4.78, 5) is 20.4. The van der Waals surface area contributed by atoms with E-state index in [2.05, 4.69) is 31.9 Å². The third-order valence-electron chi connectivity index (χ3n) is 4.10. The fourth-order valence-electron chi connectivity index (χ4n) is 2.84. The van der Waals surface area contributed by atoms with E-state index in [0.29, 0.717) is 5.56 Å². The van der Waals surface area contributed by atoms with Crippen LogP contribution in [0.4, 0.5) is 11.4 Å². The number of rotatable bonds is 5. The van der Waals surface area contributed by atoms with Crippen molar-refractivity contribution in [1.29, 1.82) is 0 Å². The van der Waals surface area contributed by atoms with E-state index in [0.717, 1.165) is 22.4 Å². The minimum absolute atomic E-state index is 0.270. The topological polar surface area (TPSA) is 86.3 Å². The number of benzene rings is 3. The largest absolute Gasteiger partial charge is 0.280 e. The van der Waals surface area contributed by atoms with Crippen molar-refractivity contribution >= 4 is 54.0 Å². The Hall–Kier alpha value is -2.32. The molecule has 8 heteroatoms. The summed E-state index contributed by atoms with van der Waals surface area (Å²) in [5.74, 6) is 0. The number of nitro groups is 2. The molecule has 0 bridgehead atoms. The van der Waals surface area contributed by atoms with Crippen LogP contribution in [0.5, 0.6) is 0 Å². The monoisotopic (exact) mass is 478 g/mol. The number of non-ortho nitro benzene ring substituents is 1. The van der Waals surface area contributed by atoms with Crippen LogP contribution in [0.3, 0.4) is 0 Å². The molecule has 3 aromatic carbocycles. The number of hydrogen-bond acceptors (Lipinski definition) is 4. The van der Waals surface area contributed by atoms with Gasteiger partial charge in [-0.25, -0.2) is 0 Å². The highest BCUT2D eigenvalue weighted by Gasteiger charge is 2.29. The summed E-state index contributed by atoms with van der Waals surface area (Å²) in [5, 5.41) is 24.4. The molecule has 0 radical (unpaired) electrons. The molecule has 0 aromatic heterocycles. The molecule has 0 heterocycles. The van der Waals surface area contributed by atoms with E-state index in [1.165, 1.54) is 12.1 Å². The van der Waals surface area contributed by atoms with Gasteiger partial charge >= 0.3 is 0 Å². The van der Waals surface area contributed by atoms with Crippen molar-refractivity contribution in [3.05, 3.63) is 92.0 Å². The van der Waals surface area contributed by atoms with Gasteiger partial charge in [0.15, 0.2) is 0 Å². The highest BCUT2D eigenvalue weighted by atomic mass is 79.9. The van der Waals surface area contributed by atoms with E-state index in [1.807, 2.05) is 42.5 Å². The van der Waals surface area contributed by atoms with Crippen LogP contribution in [0.1, 0.15) is 20.8 Å². The molecule has 0 N–H and O–H groups in total. The van der Waals surface area contributed by atoms with E-state index < -0.39 is 14.7 Å². The van der Waals surface area contributed by atoms with Gasteiger partial charge in [-0.15, -0.1) is 0 Å². The zero-order valence-electron chi connectivity index (χ0n) is 13.2. The number of alkyl halides is 2. The summed E-state index contributed by atoms with van der Waals surface area (Å²) in [6.45, 7) is 0. The Morgan fingerprint density at radius 2 is 1.42 bits per heavy atom. The van der Waals surface area contributed by atoms with Crippen molar-refractivity contribution in [2.45, 2.75) is 9.65 Å². The standard InChI is InChI=1S/C18H12Br2N2O4/c19-17(14-7-3-5-11-4-1-2-6-13(11)14)18(20)15-9-8-12(21(23)24)10-16(15)22(25)26/h1-10,17-18H. The maximum Gasteiger partial charge on any atom is 0.280 e. The van der Waals surface area contributed by atoms with E-state index >= 15 is 0 Å². The predicted molar refractivity (Wildman–Crippen MR) is 107 cm³/mol. The Kier molecular flexibility index (Phi) is 5.33. The third-order valence-corrected chi connectivity index (χ3v) is 6.85. The van der Waals surface area contributed by atoms with Gasteiger partial charge in [0.05, 0.1) is 25.6 Å². The van der Waals surface area contributed by atoms with Gasteiger partial charge in [0, 0.05) is 11.6 Å². The number of fused-ring (bicyclic) bond motifs is 1. The molecule has 26 heavy (non-hydrogen) atoms. The molecule has 0 fully saturated rings. The molecule has 0 spiro atoms. The van der Waals surface area contributed by atoms with Gasteiger partial charge in [-0.05, 0) is 22.4 Å². The lowest BCUT2D eigenvalue weighted by molar-refractivity contribution is -0.394. The van der Waals surface area contributed by atoms with Gasteiger partial charge in [-0.1, -0.05) is 74.3 Å². The lowest BCUT2D eigenvalue weighted by Crippen LogP contribution is -2.04. The Labute approximate surface area is 165 Å². The van der Waals surface area contributed by atoms with Crippen molar-refractivity contribution < 1.29 is 9.85 Å². The van der Waals surface area contributed by atoms with Crippen LogP contribution < -0.4 is 0 Å². The maximum atomic E-state index is 11.4. The average Bonchev–Trinajstić information content (AvgIpc) is 2.65. The first-order valence-electron chi connectivity index (χ1n) is 7.58. The average molecular weight is 480 g/mol. The molecule has 132 valence electrons. The first-order valence-corrected chi connectivity index (χ1v) is 9.42. The van der Waals surface area contributed by atoms with Crippen molar-refractivity contribution in [1.82, 2.24) is 0 Å². The molecular formula is C18H12Br2N2O4. The fraction of sp³-hybridized carbons (Fsp3) is 0.111. The summed E-state index contributed by atoms with van der Waals surface area (Å²) >= 11 is 7.17. The smallest absolute Gasteiger partial charge is 0.258 e. The highest BCUT2D eigenvalue weighted by molar-refractivity contribution is 9.12. The molecule has 0 aliphatic heterocycles. The maximum absolute atomic E-state index is 11.4. The van der Waals surface area contributed by atoms with Crippen LogP contribution in [-0.4, -0.2) is 9.85 Å². The lowest BCUT2D eigenvalue weighted by Gasteiger charge is -2.19. The Morgan fingerprint density at radius 1 is 0.769 bits per heavy atom. The van der Waals surface area contributed by atoms with Gasteiger partial charge < -0.3 is 0 Å². The van der Waals surface area contributed by atoms with Gasteiger partial charge in [0.2, 0.25) is 0 Å². The molecule has 2 atom stereocenters. The van der Waals surface area contributed by atoms with Gasteiger partial charge in [-0.2, -0.15) is 0 Å². The molecule has 3 rings (SSSR count). The number of nitrogens with zero attached hydrogens (tertiary/aromatic N) is 2. The molecule has 0 amide bonds. The summed E-state index contributed by atoms with van der Waals surface area (Å²) in [6, 6.07) is 17.4. The molecular weight excluding hydrogens is 468 g/mol. The quantitative estimate of drug-likeness (QED) is 0.246. The van der Waals surface area contributed by atoms with Crippen LogP contribution >= 0.6 is 31.9 Å². The Balaban J connectivity index is 2.07. The summed E-state index contributed by atoms with van der Waals surface area (Å²) in [6.07, 6.45) is 0. The van der Waals surface area contributed by atoms with Crippen LogP contribution in [0.2, 0.25) is 0 Å². The summed E-state index contributed by atoms with van der Waals surface area (Å²) in [7, 11) is 0. The van der Waals surface area contributed by atoms with Crippen LogP contribution in [-0.2, 0) is 0 Å². The van der Waals surface area contributed by atoms with Crippen molar-refractivity contribution in [3.8, 4) is 0 Å². The van der Waals surface area contributed by atoms with Crippen LogP contribution in [0.15, 0.2) is 60.7 Å². The number of hydrogen-bond donors (Lipinski definition) is 0. The van der Waals surface area contributed by atoms with Crippen LogP contribution in [0.25, 0.3) is 10.8 Å². The molecule has 0 aliphatic carbocycles. The molecule has 3 aromatic rings. The second kappa shape index (κ2) is 7.51. The zero-order valence-corrected chi connectivity index (χ0v) is 16.4. The van der Waals surface area contributed by atoms with Gasteiger partial charge in [0.25, 0.3) is 11.4 Å². The van der Waals surface area contributed by atoms with E-state index in [9.17, 15) is 20.2 Å². The predicted octanol–water partition coefficient (Wildman–Crippen LogP) is 6.23. The lowest BCUT2D eigenvalue weighted by atomic mass is 9.97. The number of nitro benzene ring substituents is 2. The van der Waals surface area contributed by atoms with Crippen molar-refractivity contribution in [2.75, 3.05) is 0 Å². The highest BCUT2D eigenvalue weighted by Crippen LogP contribution is 2.47. The molecule has 0 saturated heterocycles. The van der Waals surface area contributed by atoms with E-state index in [-0.39, 0.29) is 16.2 Å². The third kappa shape index (κ3) is 3.47. The van der Waals surface area contributed by atoms with Crippen LogP contribution in [0, 0.1) is 20.2 Å². The normalized spacial score (nSPS) is 13.3. The SMILES string of the molecule is O=[N+]([O-])c1ccc(C(Br)C(Br)c2cccc3ccccc23)c([N+](=O)[O-])c1. The molecule has 0 saturated carbocycles. The van der Waals surface area contributed by atoms with Crippen molar-refractivity contribution in [2.24, 2.45) is 0 Å². The summed E-state index contributed by atoms with van der Waals surface area (Å²) in [5.41, 5.74) is 0.746. The minimum atomic E-state index is -0.643. The Morgan fingerprint density at radius 3 is 2.12 bits per heavy atom. The number of halogens is 2. The zero-order chi connectivity index (χ0) is 18.8. The molecule has 2 unspecified atom stereocenters. The van der Waals surface area contributed by atoms with Gasteiger partial charge in [0.1, 0.15) is 0 Å². The van der Waals surface area contributed by atoms with Crippen molar-refractivity contribution in [3.63, 3.8) is 0 Å². The minimum Gasteiger partial charge on any atom is -0.258 e. The molecule has 0 aliphatic rings. The Bertz CT molecular complexity index is 1000. The second-order valence-corrected chi connectivity index (χ2v) is 7.60. The second-order valence-electron chi connectivity index (χ2n) is 5.63. The molecule has 6 nitrogen and oxygen atoms in total. The first kappa shape index (κ1) is 18.5. The fourth-order valence-corrected chi connectivity index (χ4v) is 4.20. The van der Waals surface area contributed by atoms with E-state index in [1.54, 1.807) is 0 Å². The van der Waals surface area contributed by atoms with Gasteiger partial charge in [-0.3, -0.25) is 20.2 Å². The first-order chi connectivity index (χ1) is 12.4.